The SMILES string of the molecule is CC(C)(N(CCNS(C)(=O)=O)S(C)(=O)=O)C(C)(C)C(C)(C)[Si](O)(O)O. The van der Waals surface area contributed by atoms with Crippen molar-refractivity contribution < 1.29 is 31.2 Å². The van der Waals surface area contributed by atoms with Crippen molar-refractivity contribution in [3.8, 4) is 0 Å². The van der Waals surface area contributed by atoms with Crippen LogP contribution in [-0.2, 0) is 20.0 Å². The van der Waals surface area contributed by atoms with Crippen LogP contribution in [0.25, 0.3) is 0 Å². The fourth-order valence-electron chi connectivity index (χ4n) is 2.69. The van der Waals surface area contributed by atoms with Crippen molar-refractivity contribution in [3.05, 3.63) is 0 Å². The van der Waals surface area contributed by atoms with E-state index in [4.69, 9.17) is 0 Å². The molecule has 0 aliphatic rings. The molecule has 25 heavy (non-hydrogen) atoms. The Labute approximate surface area is 152 Å². The van der Waals surface area contributed by atoms with Crippen LogP contribution in [0.2, 0.25) is 5.04 Å². The minimum Gasteiger partial charge on any atom is -0.390 e. The number of hydrogen-bond donors (Lipinski definition) is 4. The van der Waals surface area contributed by atoms with E-state index in [1.165, 1.54) is 13.8 Å². The molecule has 0 bridgehead atoms. The van der Waals surface area contributed by atoms with E-state index in [0.717, 1.165) is 16.8 Å². The lowest BCUT2D eigenvalue weighted by atomic mass is 9.66. The molecule has 0 radical (unpaired) electrons. The molecule has 0 saturated carbocycles. The number of nitrogens with zero attached hydrogens (tertiary/aromatic N) is 1. The molecule has 0 amide bonds. The fourth-order valence-corrected chi connectivity index (χ4v) is 5.78. The number of nitrogens with one attached hydrogen (secondary N) is 1. The normalized spacial score (nSPS) is 15.7. The largest absolute Gasteiger partial charge is 0.499 e. The van der Waals surface area contributed by atoms with Crippen LogP contribution in [0, 0.1) is 5.41 Å². The minimum absolute atomic E-state index is 0.133. The lowest BCUT2D eigenvalue weighted by Crippen LogP contribution is -2.65. The van der Waals surface area contributed by atoms with Crippen molar-refractivity contribution in [3.63, 3.8) is 0 Å². The summed E-state index contributed by atoms with van der Waals surface area (Å²) in [5, 5.41) is -1.39. The Morgan fingerprint density at radius 3 is 1.60 bits per heavy atom. The van der Waals surface area contributed by atoms with E-state index in [9.17, 15) is 31.2 Å². The third-order valence-corrected chi connectivity index (χ3v) is 10.1. The second-order valence-corrected chi connectivity index (χ2v) is 14.2. The van der Waals surface area contributed by atoms with Gasteiger partial charge in [0.05, 0.1) is 12.5 Å². The summed E-state index contributed by atoms with van der Waals surface area (Å²) >= 11 is 0. The Kier molecular flexibility index (Phi) is 7.13. The third kappa shape index (κ3) is 5.45. The molecule has 0 fully saturated rings. The van der Waals surface area contributed by atoms with Gasteiger partial charge in [-0.15, -0.1) is 0 Å². The molecule has 0 unspecified atom stereocenters. The fraction of sp³-hybridized carbons (Fsp3) is 1.00. The van der Waals surface area contributed by atoms with Crippen molar-refractivity contribution in [2.75, 3.05) is 25.6 Å². The monoisotopic (exact) mass is 420 g/mol. The summed E-state index contributed by atoms with van der Waals surface area (Å²) < 4.78 is 50.5. The maximum atomic E-state index is 12.3. The predicted molar refractivity (Wildman–Crippen MR) is 98.7 cm³/mol. The van der Waals surface area contributed by atoms with Gasteiger partial charge in [0.15, 0.2) is 0 Å². The minimum atomic E-state index is -4.63. The molecule has 0 aliphatic heterocycles. The molecular formula is C13H32N2O7S2Si. The quantitative estimate of drug-likeness (QED) is 0.361. The van der Waals surface area contributed by atoms with Crippen LogP contribution in [0.5, 0.6) is 0 Å². The summed E-state index contributed by atoms with van der Waals surface area (Å²) in [6.07, 6.45) is 1.97. The van der Waals surface area contributed by atoms with Gasteiger partial charge < -0.3 is 14.4 Å². The van der Waals surface area contributed by atoms with Crippen LogP contribution in [0.15, 0.2) is 0 Å². The number of sulfonamides is 2. The van der Waals surface area contributed by atoms with Gasteiger partial charge in [-0.1, -0.05) is 27.7 Å². The molecule has 4 N–H and O–H groups in total. The van der Waals surface area contributed by atoms with Gasteiger partial charge in [0.25, 0.3) is 0 Å². The second-order valence-electron chi connectivity index (χ2n) is 7.95. The molecular weight excluding hydrogens is 388 g/mol. The van der Waals surface area contributed by atoms with E-state index in [-0.39, 0.29) is 13.1 Å². The zero-order valence-corrected chi connectivity index (χ0v) is 18.8. The Morgan fingerprint density at radius 2 is 1.32 bits per heavy atom. The highest BCUT2D eigenvalue weighted by atomic mass is 32.2. The van der Waals surface area contributed by atoms with Gasteiger partial charge in [-0.05, 0) is 19.3 Å². The van der Waals surface area contributed by atoms with Crippen molar-refractivity contribution >= 4 is 28.9 Å². The van der Waals surface area contributed by atoms with E-state index in [2.05, 4.69) is 4.72 Å². The van der Waals surface area contributed by atoms with Crippen molar-refractivity contribution in [2.45, 2.75) is 52.1 Å². The van der Waals surface area contributed by atoms with Gasteiger partial charge in [0.1, 0.15) is 0 Å². The van der Waals surface area contributed by atoms with Crippen LogP contribution >= 0.6 is 0 Å². The van der Waals surface area contributed by atoms with E-state index in [1.807, 2.05) is 0 Å². The summed E-state index contributed by atoms with van der Waals surface area (Å²) in [4.78, 5) is 29.7. The first-order valence-electron chi connectivity index (χ1n) is 7.68. The molecule has 0 saturated heterocycles. The highest BCUT2D eigenvalue weighted by Crippen LogP contribution is 2.57. The van der Waals surface area contributed by atoms with Crippen LogP contribution in [0.1, 0.15) is 41.5 Å². The highest BCUT2D eigenvalue weighted by molar-refractivity contribution is 7.89. The molecule has 0 spiro atoms. The van der Waals surface area contributed by atoms with Crippen molar-refractivity contribution in [2.24, 2.45) is 5.41 Å². The molecule has 0 atom stereocenters. The standard InChI is InChI=1S/C13H32N2O7S2Si/c1-11(2,13(5,6)25(20,21)22)12(3,4)15(24(8,18)19)10-9-14-23(7,16)17/h14,20-22H,9-10H2,1-8H3. The maximum absolute atomic E-state index is 12.3. The van der Waals surface area contributed by atoms with E-state index >= 15 is 0 Å². The van der Waals surface area contributed by atoms with Crippen LogP contribution < -0.4 is 4.72 Å². The average Bonchev–Trinajstić information content (AvgIpc) is 2.29. The van der Waals surface area contributed by atoms with Gasteiger partial charge in [0.2, 0.25) is 20.0 Å². The third-order valence-electron chi connectivity index (χ3n) is 5.63. The molecule has 0 rings (SSSR count). The molecule has 152 valence electrons. The summed E-state index contributed by atoms with van der Waals surface area (Å²) in [7, 11) is -11.9. The van der Waals surface area contributed by atoms with Crippen molar-refractivity contribution in [1.82, 2.24) is 9.03 Å². The van der Waals surface area contributed by atoms with Crippen LogP contribution in [0.4, 0.5) is 0 Å². The molecule has 0 aromatic heterocycles. The predicted octanol–water partition coefficient (Wildman–Crippen LogP) is -0.702. The van der Waals surface area contributed by atoms with E-state index in [0.29, 0.717) is 0 Å². The zero-order chi connectivity index (χ0) is 20.7. The Bertz CT molecular complexity index is 680. The van der Waals surface area contributed by atoms with Crippen molar-refractivity contribution in [1.29, 1.82) is 0 Å². The summed E-state index contributed by atoms with van der Waals surface area (Å²) in [5.41, 5.74) is -2.26. The Hall–Kier alpha value is -0.0831. The van der Waals surface area contributed by atoms with Gasteiger partial charge >= 0.3 is 8.80 Å². The first-order valence-corrected chi connectivity index (χ1v) is 13.3. The van der Waals surface area contributed by atoms with Gasteiger partial charge in [-0.3, -0.25) is 0 Å². The topological polar surface area (TPSA) is 144 Å². The molecule has 0 aromatic carbocycles. The van der Waals surface area contributed by atoms with Gasteiger partial charge in [-0.25, -0.2) is 21.6 Å². The van der Waals surface area contributed by atoms with Crippen LogP contribution in [-0.4, -0.2) is 75.5 Å². The van der Waals surface area contributed by atoms with Crippen LogP contribution in [0.3, 0.4) is 0 Å². The zero-order valence-electron chi connectivity index (χ0n) is 16.2. The van der Waals surface area contributed by atoms with E-state index in [1.54, 1.807) is 27.7 Å². The Morgan fingerprint density at radius 1 is 0.920 bits per heavy atom. The molecule has 0 aliphatic carbocycles. The molecule has 9 nitrogen and oxygen atoms in total. The summed E-state index contributed by atoms with van der Waals surface area (Å²) in [5.74, 6) is 0. The first-order chi connectivity index (χ1) is 10.6. The highest BCUT2D eigenvalue weighted by Gasteiger charge is 2.63. The lowest BCUT2D eigenvalue weighted by Gasteiger charge is -2.56. The Balaban J connectivity index is 6.00. The second kappa shape index (κ2) is 7.15. The molecule has 12 heteroatoms. The number of hydrogen-bond acceptors (Lipinski definition) is 7. The molecule has 0 heterocycles. The van der Waals surface area contributed by atoms with Gasteiger partial charge in [0, 0.05) is 23.7 Å². The van der Waals surface area contributed by atoms with Gasteiger partial charge in [-0.2, -0.15) is 4.31 Å². The smallest absolute Gasteiger partial charge is 0.390 e. The number of rotatable bonds is 9. The summed E-state index contributed by atoms with van der Waals surface area (Å²) in [6, 6.07) is 0. The lowest BCUT2D eigenvalue weighted by molar-refractivity contribution is 0.00977. The maximum Gasteiger partial charge on any atom is 0.499 e. The first kappa shape index (κ1) is 24.9. The summed E-state index contributed by atoms with van der Waals surface area (Å²) in [6.45, 7) is 9.15. The van der Waals surface area contributed by atoms with E-state index < -0.39 is 44.8 Å². The average molecular weight is 421 g/mol. The molecule has 0 aromatic rings.